The maximum atomic E-state index is 13.0. The van der Waals surface area contributed by atoms with Crippen LogP contribution in [-0.4, -0.2) is 17.8 Å². The quantitative estimate of drug-likeness (QED) is 0.473. The molecule has 0 spiro atoms. The minimum atomic E-state index is -3.97. The Balaban J connectivity index is 1.61. The summed E-state index contributed by atoms with van der Waals surface area (Å²) >= 11 is 0. The van der Waals surface area contributed by atoms with E-state index in [0.29, 0.717) is 22.9 Å². The number of aromatic nitrogens is 2. The van der Waals surface area contributed by atoms with Crippen molar-refractivity contribution in [1.29, 1.82) is 0 Å². The Labute approximate surface area is 186 Å². The van der Waals surface area contributed by atoms with Crippen LogP contribution in [0.5, 0.6) is 11.5 Å². The van der Waals surface area contributed by atoms with Gasteiger partial charge in [0.05, 0.1) is 16.3 Å². The number of nitrogens with one attached hydrogen (secondary N) is 1. The number of sulfonamides is 1. The van der Waals surface area contributed by atoms with E-state index in [2.05, 4.69) is 4.72 Å². The van der Waals surface area contributed by atoms with Crippen LogP contribution in [0.25, 0.3) is 5.69 Å². The highest BCUT2D eigenvalue weighted by Crippen LogP contribution is 2.26. The topological polar surface area (TPSA) is 82.3 Å². The average molecular weight is 450 g/mol. The number of benzene rings is 3. The predicted molar refractivity (Wildman–Crippen MR) is 124 cm³/mol. The number of hydrogen-bond acceptors (Lipinski definition) is 4. The fraction of sp³-hybridized carbons (Fsp3) is 0.125. The molecule has 0 fully saturated rings. The lowest BCUT2D eigenvalue weighted by Crippen LogP contribution is -2.23. The predicted octanol–water partition coefficient (Wildman–Crippen LogP) is 4.39. The monoisotopic (exact) mass is 449 g/mol. The zero-order valence-corrected chi connectivity index (χ0v) is 18.8. The molecule has 0 amide bonds. The molecule has 164 valence electrons. The lowest BCUT2D eigenvalue weighted by atomic mass is 10.2. The van der Waals surface area contributed by atoms with Crippen LogP contribution < -0.4 is 15.0 Å². The zero-order valence-electron chi connectivity index (χ0n) is 17.9. The lowest BCUT2D eigenvalue weighted by molar-refractivity contribution is 0.478. The summed E-state index contributed by atoms with van der Waals surface area (Å²) < 4.78 is 37.3. The van der Waals surface area contributed by atoms with E-state index in [1.165, 1.54) is 16.8 Å². The van der Waals surface area contributed by atoms with Crippen molar-refractivity contribution in [2.45, 2.75) is 18.7 Å². The van der Waals surface area contributed by atoms with Crippen LogP contribution in [0.4, 0.5) is 5.69 Å². The van der Waals surface area contributed by atoms with E-state index in [9.17, 15) is 13.2 Å². The number of hydrogen-bond donors (Lipinski definition) is 1. The number of ether oxygens (including phenoxy) is 1. The van der Waals surface area contributed by atoms with Gasteiger partial charge in [0.1, 0.15) is 17.2 Å². The second-order valence-corrected chi connectivity index (χ2v) is 9.06. The first kappa shape index (κ1) is 21.5. The minimum absolute atomic E-state index is 0.0107. The van der Waals surface area contributed by atoms with Crippen molar-refractivity contribution in [2.24, 2.45) is 7.05 Å². The van der Waals surface area contributed by atoms with Gasteiger partial charge in [0, 0.05) is 7.05 Å². The zero-order chi connectivity index (χ0) is 22.9. The summed E-state index contributed by atoms with van der Waals surface area (Å²) in [5.74, 6) is 1.21. The van der Waals surface area contributed by atoms with Crippen LogP contribution >= 0.6 is 0 Å². The van der Waals surface area contributed by atoms with Crippen molar-refractivity contribution in [2.75, 3.05) is 4.72 Å². The molecule has 0 aliphatic carbocycles. The summed E-state index contributed by atoms with van der Waals surface area (Å²) in [5.41, 5.74) is 1.68. The average Bonchev–Trinajstić information content (AvgIpc) is 2.99. The first-order chi connectivity index (χ1) is 15.3. The van der Waals surface area contributed by atoms with Gasteiger partial charge < -0.3 is 4.74 Å². The fourth-order valence-electron chi connectivity index (χ4n) is 3.36. The number of para-hydroxylation sites is 2. The normalized spacial score (nSPS) is 11.3. The van der Waals surface area contributed by atoms with Crippen molar-refractivity contribution in [3.05, 3.63) is 100 Å². The molecule has 0 saturated carbocycles. The van der Waals surface area contributed by atoms with Gasteiger partial charge in [-0.3, -0.25) is 14.2 Å². The molecule has 1 heterocycles. The van der Waals surface area contributed by atoms with Crippen LogP contribution in [-0.2, 0) is 17.1 Å². The Hall–Kier alpha value is -3.78. The first-order valence-electron chi connectivity index (χ1n) is 9.98. The Morgan fingerprint density at radius 3 is 2.12 bits per heavy atom. The SMILES string of the molecule is Cc1ccccc1Oc1ccc(S(=O)(=O)Nc2c(C)n(C)n(-c3ccccc3)c2=O)cc1. The van der Waals surface area contributed by atoms with E-state index in [1.807, 2.05) is 49.4 Å². The number of rotatable bonds is 6. The molecule has 32 heavy (non-hydrogen) atoms. The molecule has 3 aromatic carbocycles. The summed E-state index contributed by atoms with van der Waals surface area (Å²) in [6.07, 6.45) is 0. The molecule has 1 N–H and O–H groups in total. The molecular formula is C24H23N3O4S. The Morgan fingerprint density at radius 1 is 0.844 bits per heavy atom. The van der Waals surface area contributed by atoms with Gasteiger partial charge in [0.2, 0.25) is 0 Å². The van der Waals surface area contributed by atoms with Gasteiger partial charge >= 0.3 is 0 Å². The van der Waals surface area contributed by atoms with E-state index in [1.54, 1.807) is 42.9 Å². The van der Waals surface area contributed by atoms with E-state index in [4.69, 9.17) is 4.74 Å². The Morgan fingerprint density at radius 2 is 1.47 bits per heavy atom. The molecule has 0 saturated heterocycles. The first-order valence-corrected chi connectivity index (χ1v) is 11.5. The third kappa shape index (κ3) is 4.04. The van der Waals surface area contributed by atoms with Crippen molar-refractivity contribution in [3.63, 3.8) is 0 Å². The van der Waals surface area contributed by atoms with E-state index >= 15 is 0 Å². The largest absolute Gasteiger partial charge is 0.457 e. The van der Waals surface area contributed by atoms with E-state index in [-0.39, 0.29) is 10.6 Å². The molecule has 0 atom stereocenters. The second-order valence-electron chi connectivity index (χ2n) is 7.38. The Kier molecular flexibility index (Phi) is 5.63. The smallest absolute Gasteiger partial charge is 0.296 e. The number of nitrogens with zero attached hydrogens (tertiary/aromatic N) is 2. The van der Waals surface area contributed by atoms with Crippen LogP contribution in [0, 0.1) is 13.8 Å². The highest BCUT2D eigenvalue weighted by Gasteiger charge is 2.22. The highest BCUT2D eigenvalue weighted by molar-refractivity contribution is 7.92. The Bertz CT molecular complexity index is 1420. The minimum Gasteiger partial charge on any atom is -0.457 e. The van der Waals surface area contributed by atoms with Crippen molar-refractivity contribution < 1.29 is 13.2 Å². The van der Waals surface area contributed by atoms with E-state index in [0.717, 1.165) is 5.56 Å². The highest BCUT2D eigenvalue weighted by atomic mass is 32.2. The summed E-state index contributed by atoms with van der Waals surface area (Å²) in [6.45, 7) is 3.63. The number of anilines is 1. The third-order valence-corrected chi connectivity index (χ3v) is 6.61. The molecule has 4 rings (SSSR count). The summed E-state index contributed by atoms with van der Waals surface area (Å²) in [7, 11) is -2.27. The molecule has 7 nitrogen and oxygen atoms in total. The second kappa shape index (κ2) is 8.39. The van der Waals surface area contributed by atoms with Gasteiger partial charge in [0.25, 0.3) is 15.6 Å². The molecule has 8 heteroatoms. The molecular weight excluding hydrogens is 426 g/mol. The van der Waals surface area contributed by atoms with Gasteiger partial charge in [-0.15, -0.1) is 0 Å². The van der Waals surface area contributed by atoms with Crippen molar-refractivity contribution in [1.82, 2.24) is 9.36 Å². The summed E-state index contributed by atoms with van der Waals surface area (Å²) in [4.78, 5) is 13.0. The maximum absolute atomic E-state index is 13.0. The van der Waals surface area contributed by atoms with Crippen molar-refractivity contribution in [3.8, 4) is 17.2 Å². The lowest BCUT2D eigenvalue weighted by Gasteiger charge is -2.10. The molecule has 0 bridgehead atoms. The molecule has 4 aromatic rings. The standard InChI is InChI=1S/C24H23N3O4S/c1-17-9-7-8-12-22(17)31-20-13-15-21(16-14-20)32(29,30)25-23-18(2)26(3)27(24(23)28)19-10-5-4-6-11-19/h4-16,25H,1-3H3. The van der Waals surface area contributed by atoms with Gasteiger partial charge in [-0.1, -0.05) is 36.4 Å². The summed E-state index contributed by atoms with van der Waals surface area (Å²) in [6, 6.07) is 22.7. The molecule has 0 aliphatic heterocycles. The number of aryl methyl sites for hydroxylation is 1. The summed E-state index contributed by atoms with van der Waals surface area (Å²) in [5, 5.41) is 0. The third-order valence-electron chi connectivity index (χ3n) is 5.25. The van der Waals surface area contributed by atoms with Crippen molar-refractivity contribution >= 4 is 15.7 Å². The fourth-order valence-corrected chi connectivity index (χ4v) is 4.48. The molecule has 0 unspecified atom stereocenters. The van der Waals surface area contributed by atoms with Gasteiger partial charge in [-0.05, 0) is 61.9 Å². The maximum Gasteiger partial charge on any atom is 0.296 e. The molecule has 0 radical (unpaired) electrons. The molecule has 0 aliphatic rings. The van der Waals surface area contributed by atoms with Crippen LogP contribution in [0.15, 0.2) is 88.6 Å². The van der Waals surface area contributed by atoms with Gasteiger partial charge in [0.15, 0.2) is 0 Å². The van der Waals surface area contributed by atoms with Crippen LogP contribution in [0.3, 0.4) is 0 Å². The van der Waals surface area contributed by atoms with E-state index < -0.39 is 15.6 Å². The van der Waals surface area contributed by atoms with Crippen LogP contribution in [0.1, 0.15) is 11.3 Å². The van der Waals surface area contributed by atoms with Gasteiger partial charge in [-0.25, -0.2) is 13.1 Å². The molecule has 1 aromatic heterocycles. The van der Waals surface area contributed by atoms with Gasteiger partial charge in [-0.2, -0.15) is 0 Å². The van der Waals surface area contributed by atoms with Crippen LogP contribution in [0.2, 0.25) is 0 Å².